The number of carbonyl (C=O) groups excluding carboxylic acids is 2. The van der Waals surface area contributed by atoms with Gasteiger partial charge >= 0.3 is 5.97 Å². The van der Waals surface area contributed by atoms with Crippen molar-refractivity contribution in [3.8, 4) is 0 Å². The van der Waals surface area contributed by atoms with E-state index >= 15 is 0 Å². The van der Waals surface area contributed by atoms with Crippen molar-refractivity contribution in [3.05, 3.63) is 35.4 Å². The van der Waals surface area contributed by atoms with Crippen LogP contribution in [0.2, 0.25) is 0 Å². The van der Waals surface area contributed by atoms with Gasteiger partial charge in [-0.1, -0.05) is 12.1 Å². The van der Waals surface area contributed by atoms with Gasteiger partial charge in [0.25, 0.3) is 5.91 Å². The number of hydrogen-bond acceptors (Lipinski definition) is 6. The number of ether oxygens (including phenoxy) is 1. The zero-order valence-corrected chi connectivity index (χ0v) is 16.2. The molecule has 9 nitrogen and oxygen atoms in total. The van der Waals surface area contributed by atoms with Gasteiger partial charge in [0.05, 0.1) is 11.8 Å². The first-order chi connectivity index (χ1) is 13.9. The molecule has 2 heterocycles. The van der Waals surface area contributed by atoms with Gasteiger partial charge in [-0.25, -0.2) is 0 Å². The summed E-state index contributed by atoms with van der Waals surface area (Å²) in [6, 6.07) is 7.09. The molecule has 3 rings (SSSR count). The molecule has 1 aromatic rings. The maximum absolute atomic E-state index is 12.8. The summed E-state index contributed by atoms with van der Waals surface area (Å²) >= 11 is 0. The minimum Gasteiger partial charge on any atom is -0.481 e. The topological polar surface area (TPSA) is 126 Å². The van der Waals surface area contributed by atoms with Crippen LogP contribution < -0.4 is 5.84 Å². The van der Waals surface area contributed by atoms with E-state index in [1.807, 2.05) is 0 Å². The SMILES string of the molecule is NN=Cc1ccc(C(=O)N2CCC3(CC2)CN(CCCC(=O)O)C(=O)CO3)cc1. The number of hydrogen-bond donors (Lipinski definition) is 2. The van der Waals surface area contributed by atoms with Gasteiger partial charge in [0, 0.05) is 38.2 Å². The molecule has 0 unspecified atom stereocenters. The van der Waals surface area contributed by atoms with E-state index in [2.05, 4.69) is 5.10 Å². The van der Waals surface area contributed by atoms with Crippen LogP contribution in [0, 0.1) is 0 Å². The number of hydrazone groups is 1. The Morgan fingerprint density at radius 3 is 2.55 bits per heavy atom. The number of aliphatic carboxylic acids is 1. The van der Waals surface area contributed by atoms with Gasteiger partial charge in [-0.3, -0.25) is 14.4 Å². The van der Waals surface area contributed by atoms with Crippen LogP contribution in [0.1, 0.15) is 41.6 Å². The summed E-state index contributed by atoms with van der Waals surface area (Å²) in [7, 11) is 0. The zero-order valence-electron chi connectivity index (χ0n) is 16.2. The number of carboxylic acids is 1. The van der Waals surface area contributed by atoms with Crippen LogP contribution in [-0.4, -0.2) is 77.3 Å². The number of morpholine rings is 1. The molecule has 0 aromatic heterocycles. The van der Waals surface area contributed by atoms with Crippen LogP contribution in [0.4, 0.5) is 0 Å². The second kappa shape index (κ2) is 9.04. The number of carboxylic acid groups (broad SMARTS) is 1. The molecule has 0 saturated carbocycles. The minimum atomic E-state index is -0.865. The molecule has 2 amide bonds. The van der Waals surface area contributed by atoms with Gasteiger partial charge in [0.2, 0.25) is 5.91 Å². The minimum absolute atomic E-state index is 0.00514. The highest BCUT2D eigenvalue weighted by Crippen LogP contribution is 2.31. The number of rotatable bonds is 6. The smallest absolute Gasteiger partial charge is 0.303 e. The molecular weight excluding hydrogens is 376 g/mol. The number of piperidine rings is 1. The summed E-state index contributed by atoms with van der Waals surface area (Å²) in [5.74, 6) is 4.12. The Hall–Kier alpha value is -2.94. The quantitative estimate of drug-likeness (QED) is 0.409. The van der Waals surface area contributed by atoms with Crippen molar-refractivity contribution in [2.45, 2.75) is 31.3 Å². The molecule has 9 heteroatoms. The maximum atomic E-state index is 12.8. The Bertz CT molecular complexity index is 785. The molecule has 1 aromatic carbocycles. The van der Waals surface area contributed by atoms with Crippen LogP contribution in [-0.2, 0) is 14.3 Å². The van der Waals surface area contributed by atoms with Crippen molar-refractivity contribution >= 4 is 24.0 Å². The van der Waals surface area contributed by atoms with E-state index in [0.717, 1.165) is 5.56 Å². The van der Waals surface area contributed by atoms with Crippen molar-refractivity contribution in [3.63, 3.8) is 0 Å². The maximum Gasteiger partial charge on any atom is 0.303 e. The molecule has 0 aliphatic carbocycles. The molecule has 29 heavy (non-hydrogen) atoms. The molecule has 2 fully saturated rings. The molecule has 0 atom stereocenters. The third-order valence-electron chi connectivity index (χ3n) is 5.50. The van der Waals surface area contributed by atoms with E-state index in [4.69, 9.17) is 15.7 Å². The van der Waals surface area contributed by atoms with Crippen molar-refractivity contribution < 1.29 is 24.2 Å². The molecule has 156 valence electrons. The van der Waals surface area contributed by atoms with Gasteiger partial charge in [-0.15, -0.1) is 0 Å². The lowest BCUT2D eigenvalue weighted by molar-refractivity contribution is -0.170. The Balaban J connectivity index is 1.56. The van der Waals surface area contributed by atoms with Crippen LogP contribution >= 0.6 is 0 Å². The summed E-state index contributed by atoms with van der Waals surface area (Å²) in [5, 5.41) is 12.3. The van der Waals surface area contributed by atoms with E-state index in [1.54, 1.807) is 34.1 Å². The van der Waals surface area contributed by atoms with Crippen LogP contribution in [0.25, 0.3) is 0 Å². The molecule has 3 N–H and O–H groups in total. The number of carbonyl (C=O) groups is 3. The van der Waals surface area contributed by atoms with Gasteiger partial charge in [-0.05, 0) is 37.0 Å². The molecule has 2 aliphatic heterocycles. The standard InChI is InChI=1S/C20H26N4O5/c21-22-12-15-3-5-16(6-4-15)19(28)23-10-7-20(8-11-23)14-24(17(25)13-29-20)9-1-2-18(26)27/h3-6,12H,1-2,7-11,13-14,21H2,(H,26,27). The first-order valence-corrected chi connectivity index (χ1v) is 9.69. The van der Waals surface area contributed by atoms with Crippen LogP contribution in [0.3, 0.4) is 0 Å². The highest BCUT2D eigenvalue weighted by atomic mass is 16.5. The largest absolute Gasteiger partial charge is 0.481 e. The van der Waals surface area contributed by atoms with Crippen molar-refractivity contribution in [1.29, 1.82) is 0 Å². The monoisotopic (exact) mass is 402 g/mol. The number of amides is 2. The van der Waals surface area contributed by atoms with Crippen molar-refractivity contribution in [1.82, 2.24) is 9.80 Å². The lowest BCUT2D eigenvalue weighted by Crippen LogP contribution is -2.59. The van der Waals surface area contributed by atoms with E-state index in [-0.39, 0.29) is 24.8 Å². The summed E-state index contributed by atoms with van der Waals surface area (Å²) in [5.41, 5.74) is 0.963. The first kappa shape index (κ1) is 20.8. The summed E-state index contributed by atoms with van der Waals surface area (Å²) in [6.45, 7) is 1.95. The lowest BCUT2D eigenvalue weighted by atomic mass is 9.88. The average molecular weight is 402 g/mol. The highest BCUT2D eigenvalue weighted by Gasteiger charge is 2.42. The Morgan fingerprint density at radius 2 is 1.93 bits per heavy atom. The summed E-state index contributed by atoms with van der Waals surface area (Å²) < 4.78 is 5.88. The fourth-order valence-corrected chi connectivity index (χ4v) is 3.81. The zero-order chi connectivity index (χ0) is 20.9. The summed E-state index contributed by atoms with van der Waals surface area (Å²) in [6.07, 6.45) is 3.25. The fourth-order valence-electron chi connectivity index (χ4n) is 3.81. The van der Waals surface area contributed by atoms with Crippen molar-refractivity contribution in [2.24, 2.45) is 10.9 Å². The number of likely N-dealkylation sites (tertiary alicyclic amines) is 1. The lowest BCUT2D eigenvalue weighted by Gasteiger charge is -2.47. The second-order valence-corrected chi connectivity index (χ2v) is 7.48. The van der Waals surface area contributed by atoms with Gasteiger partial charge in [-0.2, -0.15) is 5.10 Å². The summed E-state index contributed by atoms with van der Waals surface area (Å²) in [4.78, 5) is 39.1. The molecule has 1 spiro atoms. The van der Waals surface area contributed by atoms with Gasteiger partial charge < -0.3 is 25.5 Å². The molecule has 0 radical (unpaired) electrons. The van der Waals surface area contributed by atoms with E-state index in [9.17, 15) is 14.4 Å². The second-order valence-electron chi connectivity index (χ2n) is 7.48. The average Bonchev–Trinajstić information content (AvgIpc) is 2.71. The molecule has 2 aliphatic rings. The van der Waals surface area contributed by atoms with Crippen LogP contribution in [0.5, 0.6) is 0 Å². The predicted octanol–water partition coefficient (Wildman–Crippen LogP) is 0.678. The normalized spacial score (nSPS) is 19.1. The van der Waals surface area contributed by atoms with E-state index < -0.39 is 11.6 Å². The third-order valence-corrected chi connectivity index (χ3v) is 5.50. The highest BCUT2D eigenvalue weighted by molar-refractivity contribution is 5.95. The van der Waals surface area contributed by atoms with Gasteiger partial charge in [0.15, 0.2) is 0 Å². The number of nitrogens with zero attached hydrogens (tertiary/aromatic N) is 3. The third kappa shape index (κ3) is 5.11. The fraction of sp³-hybridized carbons (Fsp3) is 0.500. The Labute approximate surface area is 169 Å². The molecular formula is C20H26N4O5. The number of nitrogens with two attached hydrogens (primary N) is 1. The van der Waals surface area contributed by atoms with Crippen LogP contribution in [0.15, 0.2) is 29.4 Å². The Morgan fingerprint density at radius 1 is 1.24 bits per heavy atom. The van der Waals surface area contributed by atoms with Gasteiger partial charge in [0.1, 0.15) is 6.61 Å². The molecule has 0 bridgehead atoms. The van der Waals surface area contributed by atoms with E-state index in [0.29, 0.717) is 51.0 Å². The van der Waals surface area contributed by atoms with Crippen molar-refractivity contribution in [2.75, 3.05) is 32.8 Å². The molecule has 2 saturated heterocycles. The number of benzene rings is 1. The first-order valence-electron chi connectivity index (χ1n) is 9.69. The predicted molar refractivity (Wildman–Crippen MR) is 105 cm³/mol. The Kier molecular flexibility index (Phi) is 6.48. The van der Waals surface area contributed by atoms with E-state index in [1.165, 1.54) is 6.21 Å².